The maximum Gasteiger partial charge on any atom is 0.139 e. The van der Waals surface area contributed by atoms with E-state index in [1.807, 2.05) is 0 Å². The maximum atomic E-state index is 13.9. The molecule has 0 N–H and O–H groups in total. The van der Waals surface area contributed by atoms with Crippen LogP contribution in [0.25, 0.3) is 11.0 Å². The number of benzene rings is 1. The monoisotopic (exact) mass is 372 g/mol. The zero-order chi connectivity index (χ0) is 15.0. The summed E-state index contributed by atoms with van der Waals surface area (Å²) in [5.41, 5.74) is 1.75. The summed E-state index contributed by atoms with van der Waals surface area (Å²) in [6, 6.07) is 3.79. The molecular weight excluding hydrogens is 355 g/mol. The molecule has 1 aromatic heterocycles. The third-order valence-corrected chi connectivity index (χ3v) is 5.27. The zero-order valence-corrected chi connectivity index (χ0v) is 14.4. The van der Waals surface area contributed by atoms with E-state index in [4.69, 9.17) is 11.6 Å². The molecule has 0 amide bonds. The Balaban J connectivity index is 2.09. The van der Waals surface area contributed by atoms with Crippen molar-refractivity contribution in [2.75, 3.05) is 5.88 Å². The van der Waals surface area contributed by atoms with Crippen LogP contribution in [0.15, 0.2) is 16.6 Å². The molecule has 1 aliphatic carbocycles. The second-order valence-corrected chi connectivity index (χ2v) is 7.24. The summed E-state index contributed by atoms with van der Waals surface area (Å²) in [6.07, 6.45) is 5.45. The number of aromatic nitrogens is 2. The quantitative estimate of drug-likeness (QED) is 0.652. The van der Waals surface area contributed by atoms with Gasteiger partial charge in [-0.15, -0.1) is 11.6 Å². The van der Waals surface area contributed by atoms with E-state index < -0.39 is 0 Å². The Labute approximate surface area is 137 Å². The molecule has 21 heavy (non-hydrogen) atoms. The van der Waals surface area contributed by atoms with Crippen LogP contribution in [0.1, 0.15) is 44.5 Å². The largest absolute Gasteiger partial charge is 0.325 e. The second-order valence-electron chi connectivity index (χ2n) is 6.01. The summed E-state index contributed by atoms with van der Waals surface area (Å²) in [7, 11) is 0. The van der Waals surface area contributed by atoms with Gasteiger partial charge >= 0.3 is 0 Å². The highest BCUT2D eigenvalue weighted by atomic mass is 79.9. The van der Waals surface area contributed by atoms with Gasteiger partial charge in [0.2, 0.25) is 0 Å². The topological polar surface area (TPSA) is 17.8 Å². The van der Waals surface area contributed by atoms with E-state index in [9.17, 15) is 4.39 Å². The molecule has 0 aliphatic heterocycles. The molecular formula is C16H19BrClFN2. The van der Waals surface area contributed by atoms with Crippen LogP contribution in [0, 0.1) is 11.7 Å². The lowest BCUT2D eigenvalue weighted by atomic mass is 9.87. The molecule has 0 unspecified atom stereocenters. The van der Waals surface area contributed by atoms with Crippen LogP contribution in [0.5, 0.6) is 0 Å². The number of alkyl halides is 1. The molecule has 0 atom stereocenters. The van der Waals surface area contributed by atoms with Gasteiger partial charge in [0, 0.05) is 24.4 Å². The van der Waals surface area contributed by atoms with Gasteiger partial charge in [-0.1, -0.05) is 6.92 Å². The first-order valence-corrected chi connectivity index (χ1v) is 8.84. The SMILES string of the molecule is CC1CCC(n2c(CCCl)nc3cc(Br)c(F)cc32)CC1. The summed E-state index contributed by atoms with van der Waals surface area (Å²) < 4.78 is 16.6. The van der Waals surface area contributed by atoms with Crippen LogP contribution in [0.4, 0.5) is 4.39 Å². The number of fused-ring (bicyclic) bond motifs is 1. The van der Waals surface area contributed by atoms with Gasteiger partial charge in [0.1, 0.15) is 11.6 Å². The van der Waals surface area contributed by atoms with Gasteiger partial charge in [-0.3, -0.25) is 0 Å². The molecule has 1 aliphatic rings. The third kappa shape index (κ3) is 2.98. The van der Waals surface area contributed by atoms with E-state index in [0.717, 1.165) is 42.0 Å². The van der Waals surface area contributed by atoms with Crippen LogP contribution in [0.2, 0.25) is 0 Å². The van der Waals surface area contributed by atoms with Crippen LogP contribution in [-0.2, 0) is 6.42 Å². The number of hydrogen-bond acceptors (Lipinski definition) is 1. The van der Waals surface area contributed by atoms with Gasteiger partial charge in [-0.05, 0) is 53.6 Å². The maximum absolute atomic E-state index is 13.9. The molecule has 0 saturated heterocycles. The van der Waals surface area contributed by atoms with Crippen molar-refractivity contribution < 1.29 is 4.39 Å². The third-order valence-electron chi connectivity index (χ3n) is 4.47. The first-order chi connectivity index (χ1) is 10.1. The van der Waals surface area contributed by atoms with Crippen molar-refractivity contribution >= 4 is 38.6 Å². The van der Waals surface area contributed by atoms with E-state index in [-0.39, 0.29) is 5.82 Å². The molecule has 1 heterocycles. The lowest BCUT2D eigenvalue weighted by Crippen LogP contribution is -2.19. The van der Waals surface area contributed by atoms with Gasteiger partial charge < -0.3 is 4.57 Å². The fraction of sp³-hybridized carbons (Fsp3) is 0.562. The first-order valence-electron chi connectivity index (χ1n) is 7.52. The van der Waals surface area contributed by atoms with Crippen LogP contribution in [-0.4, -0.2) is 15.4 Å². The van der Waals surface area contributed by atoms with Crippen molar-refractivity contribution in [1.29, 1.82) is 0 Å². The smallest absolute Gasteiger partial charge is 0.139 e. The van der Waals surface area contributed by atoms with Gasteiger partial charge in [0.05, 0.1) is 15.5 Å². The summed E-state index contributed by atoms with van der Waals surface area (Å²) in [5, 5.41) is 0. The normalized spacial score (nSPS) is 22.9. The number of halogens is 3. The van der Waals surface area contributed by atoms with Crippen LogP contribution in [0.3, 0.4) is 0 Å². The average Bonchev–Trinajstić information content (AvgIpc) is 2.78. The van der Waals surface area contributed by atoms with Crippen molar-refractivity contribution in [3.05, 3.63) is 28.2 Å². The predicted molar refractivity (Wildman–Crippen MR) is 88.5 cm³/mol. The number of hydrogen-bond donors (Lipinski definition) is 0. The minimum atomic E-state index is -0.231. The Kier molecular flexibility index (Phi) is 4.55. The molecule has 1 saturated carbocycles. The highest BCUT2D eigenvalue weighted by molar-refractivity contribution is 9.10. The van der Waals surface area contributed by atoms with Gasteiger partial charge in [-0.2, -0.15) is 0 Å². The predicted octanol–water partition coefficient (Wildman–Crippen LogP) is 5.47. The highest BCUT2D eigenvalue weighted by Gasteiger charge is 2.24. The Morgan fingerprint density at radius 2 is 2.05 bits per heavy atom. The Morgan fingerprint density at radius 3 is 2.71 bits per heavy atom. The molecule has 2 nitrogen and oxygen atoms in total. The van der Waals surface area contributed by atoms with Crippen molar-refractivity contribution in [3.8, 4) is 0 Å². The van der Waals surface area contributed by atoms with Crippen LogP contribution < -0.4 is 0 Å². The number of nitrogens with zero attached hydrogens (tertiary/aromatic N) is 2. The standard InChI is InChI=1S/C16H19BrClFN2/c1-10-2-4-11(5-3-10)21-15-9-13(19)12(17)8-14(15)20-16(21)6-7-18/h8-11H,2-7H2,1H3. The lowest BCUT2D eigenvalue weighted by molar-refractivity contribution is 0.289. The second kappa shape index (κ2) is 6.25. The number of imidazole rings is 1. The first kappa shape index (κ1) is 15.3. The van der Waals surface area contributed by atoms with Crippen molar-refractivity contribution in [2.45, 2.75) is 45.1 Å². The van der Waals surface area contributed by atoms with Gasteiger partial charge in [-0.25, -0.2) is 9.37 Å². The number of rotatable bonds is 3. The van der Waals surface area contributed by atoms with Crippen molar-refractivity contribution in [3.63, 3.8) is 0 Å². The van der Waals surface area contributed by atoms with E-state index >= 15 is 0 Å². The Bertz CT molecular complexity index is 647. The molecule has 2 aromatic rings. The number of aryl methyl sites for hydroxylation is 1. The molecule has 0 radical (unpaired) electrons. The molecule has 1 aromatic carbocycles. The van der Waals surface area contributed by atoms with Gasteiger partial charge in [0.15, 0.2) is 0 Å². The molecule has 3 rings (SSSR count). The summed E-state index contributed by atoms with van der Waals surface area (Å²) >= 11 is 9.17. The van der Waals surface area contributed by atoms with Crippen molar-refractivity contribution in [1.82, 2.24) is 9.55 Å². The Morgan fingerprint density at radius 1 is 1.33 bits per heavy atom. The molecule has 0 spiro atoms. The summed E-state index contributed by atoms with van der Waals surface area (Å²) in [5.74, 6) is 2.08. The summed E-state index contributed by atoms with van der Waals surface area (Å²) in [4.78, 5) is 4.68. The molecule has 1 fully saturated rings. The summed E-state index contributed by atoms with van der Waals surface area (Å²) in [6.45, 7) is 2.30. The molecule has 114 valence electrons. The fourth-order valence-electron chi connectivity index (χ4n) is 3.31. The van der Waals surface area contributed by atoms with Crippen LogP contribution >= 0.6 is 27.5 Å². The molecule has 5 heteroatoms. The zero-order valence-electron chi connectivity index (χ0n) is 12.1. The van der Waals surface area contributed by atoms with E-state index in [0.29, 0.717) is 16.4 Å². The van der Waals surface area contributed by atoms with Gasteiger partial charge in [0.25, 0.3) is 0 Å². The molecule has 0 bridgehead atoms. The van der Waals surface area contributed by atoms with E-state index in [1.165, 1.54) is 12.8 Å². The minimum absolute atomic E-state index is 0.231. The minimum Gasteiger partial charge on any atom is -0.325 e. The van der Waals surface area contributed by atoms with E-state index in [1.54, 1.807) is 12.1 Å². The van der Waals surface area contributed by atoms with Crippen molar-refractivity contribution in [2.24, 2.45) is 5.92 Å². The lowest BCUT2D eigenvalue weighted by Gasteiger charge is -2.29. The highest BCUT2D eigenvalue weighted by Crippen LogP contribution is 2.36. The van der Waals surface area contributed by atoms with E-state index in [2.05, 4.69) is 32.4 Å². The Hall–Kier alpha value is -0.610. The fourth-order valence-corrected chi connectivity index (χ4v) is 3.81. The average molecular weight is 374 g/mol.